The Kier molecular flexibility index (Phi) is 7.43. The lowest BCUT2D eigenvalue weighted by atomic mass is 10.1. The van der Waals surface area contributed by atoms with E-state index in [2.05, 4.69) is 10.3 Å². The number of ether oxygens (including phenoxy) is 2. The number of carbonyl (C=O) groups excluding carboxylic acids is 2. The Morgan fingerprint density at radius 2 is 1.82 bits per heavy atom. The standard InChI is InChI=1S/C25H27ClN4O4/c1-18(31)34-24-23(25(32)30(2,28-24)22-11-7-6-10-20(22)26)21(17-29-12-14-33-15-13-29)27-16-19-8-4-3-5-9-19/h3-11H,12-17H2,1-2H3/p+1. The van der Waals surface area contributed by atoms with Gasteiger partial charge in [-0.25, -0.2) is 4.79 Å². The van der Waals surface area contributed by atoms with Gasteiger partial charge in [-0.1, -0.05) is 54.1 Å². The van der Waals surface area contributed by atoms with Gasteiger partial charge >= 0.3 is 11.9 Å². The van der Waals surface area contributed by atoms with Gasteiger partial charge in [-0.2, -0.15) is 5.43 Å². The van der Waals surface area contributed by atoms with E-state index in [4.69, 9.17) is 26.1 Å². The van der Waals surface area contributed by atoms with Gasteiger partial charge < -0.3 is 9.47 Å². The van der Waals surface area contributed by atoms with Crippen LogP contribution in [0.5, 0.6) is 0 Å². The van der Waals surface area contributed by atoms with Crippen LogP contribution in [0, 0.1) is 0 Å². The molecule has 0 aliphatic carbocycles. The van der Waals surface area contributed by atoms with Gasteiger partial charge in [-0.15, -0.1) is 4.59 Å². The molecule has 2 aliphatic rings. The van der Waals surface area contributed by atoms with Crippen molar-refractivity contribution in [3.8, 4) is 0 Å². The molecule has 178 valence electrons. The second-order valence-electron chi connectivity index (χ2n) is 8.31. The number of nitrogens with one attached hydrogen (secondary N) is 1. The SMILES string of the molecule is CC(=O)OC1=C(C(CN2CCOCC2)=NCc2ccccc2)C(=O)[N+](C)(c2ccccc2Cl)N1. The summed E-state index contributed by atoms with van der Waals surface area (Å²) >= 11 is 6.45. The van der Waals surface area contributed by atoms with Crippen LogP contribution in [-0.4, -0.2) is 62.4 Å². The van der Waals surface area contributed by atoms with Crippen LogP contribution >= 0.6 is 11.6 Å². The zero-order valence-corrected chi connectivity index (χ0v) is 20.0. The molecular formula is C25H28ClN4O4+. The lowest BCUT2D eigenvalue weighted by molar-refractivity contribution is -0.138. The summed E-state index contributed by atoms with van der Waals surface area (Å²) < 4.78 is 10.6. The van der Waals surface area contributed by atoms with Crippen LogP contribution in [0.4, 0.5) is 5.69 Å². The van der Waals surface area contributed by atoms with Gasteiger partial charge in [0.15, 0.2) is 11.3 Å². The summed E-state index contributed by atoms with van der Waals surface area (Å²) in [6.07, 6.45) is 0. The molecule has 0 radical (unpaired) electrons. The summed E-state index contributed by atoms with van der Waals surface area (Å²) in [6, 6.07) is 16.9. The number of nitrogens with zero attached hydrogens (tertiary/aromatic N) is 3. The molecule has 9 heteroatoms. The number of likely N-dealkylation sites (N-methyl/N-ethyl adjacent to an activating group) is 1. The van der Waals surface area contributed by atoms with Crippen LogP contribution in [0.2, 0.25) is 5.02 Å². The smallest absolute Gasteiger partial charge is 0.382 e. The number of hydrogen-bond acceptors (Lipinski definition) is 7. The number of morpholine rings is 1. The molecule has 2 aromatic rings. The van der Waals surface area contributed by atoms with Gasteiger partial charge in [0, 0.05) is 32.6 Å². The number of aliphatic imine (C=N–C) groups is 1. The molecule has 2 aliphatic heterocycles. The van der Waals surface area contributed by atoms with Crippen molar-refractivity contribution in [3.05, 3.63) is 76.6 Å². The van der Waals surface area contributed by atoms with Gasteiger partial charge in [0.2, 0.25) is 0 Å². The van der Waals surface area contributed by atoms with Crippen LogP contribution < -0.4 is 10.0 Å². The van der Waals surface area contributed by atoms with Crippen molar-refractivity contribution in [3.63, 3.8) is 0 Å². The highest BCUT2D eigenvalue weighted by molar-refractivity contribution is 6.34. The van der Waals surface area contributed by atoms with E-state index >= 15 is 0 Å². The Bertz CT molecular complexity index is 1130. The zero-order chi connectivity index (χ0) is 24.1. The summed E-state index contributed by atoms with van der Waals surface area (Å²) in [4.78, 5) is 32.9. The zero-order valence-electron chi connectivity index (χ0n) is 19.3. The maximum Gasteiger partial charge on any atom is 0.382 e. The molecule has 0 bridgehead atoms. The minimum absolute atomic E-state index is 0.0833. The molecule has 1 unspecified atom stereocenters. The van der Waals surface area contributed by atoms with E-state index in [9.17, 15) is 9.59 Å². The van der Waals surface area contributed by atoms with Crippen LogP contribution in [0.25, 0.3) is 0 Å². The fraction of sp³-hybridized carbons (Fsp3) is 0.320. The maximum absolute atomic E-state index is 13.9. The summed E-state index contributed by atoms with van der Waals surface area (Å²) in [6.45, 7) is 4.78. The van der Waals surface area contributed by atoms with E-state index in [1.54, 1.807) is 31.3 Å². The lowest BCUT2D eigenvalue weighted by Crippen LogP contribution is -2.56. The summed E-state index contributed by atoms with van der Waals surface area (Å²) in [7, 11) is 1.68. The van der Waals surface area contributed by atoms with E-state index in [0.717, 1.165) is 18.7 Å². The van der Waals surface area contributed by atoms with E-state index in [-0.39, 0.29) is 22.0 Å². The van der Waals surface area contributed by atoms with E-state index in [1.807, 2.05) is 30.3 Å². The molecule has 8 nitrogen and oxygen atoms in total. The average molecular weight is 484 g/mol. The number of hydrogen-bond donors (Lipinski definition) is 1. The second kappa shape index (κ2) is 10.5. The first-order valence-electron chi connectivity index (χ1n) is 11.1. The summed E-state index contributed by atoms with van der Waals surface area (Å²) in [5.74, 6) is -0.751. The minimum atomic E-state index is -0.533. The Balaban J connectivity index is 1.75. The molecule has 2 heterocycles. The number of carbonyl (C=O) groups is 2. The largest absolute Gasteiger partial charge is 0.404 e. The topological polar surface area (TPSA) is 80.2 Å². The monoisotopic (exact) mass is 483 g/mol. The van der Waals surface area contributed by atoms with Gasteiger partial charge in [0.05, 0.1) is 25.5 Å². The highest BCUT2D eigenvalue weighted by atomic mass is 35.5. The van der Waals surface area contributed by atoms with Crippen LogP contribution in [0.3, 0.4) is 0 Å². The average Bonchev–Trinajstić information content (AvgIpc) is 3.07. The molecule has 1 saturated heterocycles. The van der Waals surface area contributed by atoms with Crippen molar-refractivity contribution in [1.82, 2.24) is 14.9 Å². The summed E-state index contributed by atoms with van der Waals surface area (Å²) in [5.41, 5.74) is 5.44. The first kappa shape index (κ1) is 24.1. The Morgan fingerprint density at radius 1 is 1.15 bits per heavy atom. The number of rotatable bonds is 7. The molecule has 1 fully saturated rings. The Morgan fingerprint density at radius 3 is 2.50 bits per heavy atom. The van der Waals surface area contributed by atoms with Crippen LogP contribution in [-0.2, 0) is 25.6 Å². The third-order valence-electron chi connectivity index (χ3n) is 5.81. The number of quaternary nitrogens is 1. The third kappa shape index (κ3) is 5.20. The highest BCUT2D eigenvalue weighted by Crippen LogP contribution is 2.35. The third-order valence-corrected chi connectivity index (χ3v) is 6.13. The molecule has 1 atom stereocenters. The van der Waals surface area contributed by atoms with Crippen LogP contribution in [0.1, 0.15) is 12.5 Å². The number of amides is 1. The Hall–Kier alpha value is -3.04. The van der Waals surface area contributed by atoms with Gasteiger partial charge in [0.25, 0.3) is 5.88 Å². The van der Waals surface area contributed by atoms with Crippen molar-refractivity contribution in [2.45, 2.75) is 13.5 Å². The van der Waals surface area contributed by atoms with Crippen molar-refractivity contribution < 1.29 is 19.1 Å². The summed E-state index contributed by atoms with van der Waals surface area (Å²) in [5, 5.41) is 0.422. The minimum Gasteiger partial charge on any atom is -0.404 e. The Labute approximate surface area is 204 Å². The van der Waals surface area contributed by atoms with Gasteiger partial charge in [-0.3, -0.25) is 14.7 Å². The highest BCUT2D eigenvalue weighted by Gasteiger charge is 2.50. The first-order chi connectivity index (χ1) is 16.4. The molecule has 1 amide bonds. The van der Waals surface area contributed by atoms with E-state index < -0.39 is 5.97 Å². The van der Waals surface area contributed by atoms with Crippen molar-refractivity contribution in [2.24, 2.45) is 4.99 Å². The van der Waals surface area contributed by atoms with E-state index in [0.29, 0.717) is 42.7 Å². The van der Waals surface area contributed by atoms with Crippen molar-refractivity contribution in [2.75, 3.05) is 39.9 Å². The van der Waals surface area contributed by atoms with Gasteiger partial charge in [0.1, 0.15) is 12.1 Å². The van der Waals surface area contributed by atoms with Crippen molar-refractivity contribution >= 4 is 34.9 Å². The molecule has 1 N–H and O–H groups in total. The number of halogens is 1. The van der Waals surface area contributed by atoms with Crippen molar-refractivity contribution in [1.29, 1.82) is 0 Å². The normalized spacial score (nSPS) is 21.5. The maximum atomic E-state index is 13.9. The molecule has 0 spiro atoms. The quantitative estimate of drug-likeness (QED) is 0.370. The number of esters is 1. The first-order valence-corrected chi connectivity index (χ1v) is 11.5. The predicted octanol–water partition coefficient (Wildman–Crippen LogP) is 3.07. The van der Waals surface area contributed by atoms with Gasteiger partial charge in [-0.05, 0) is 11.6 Å². The molecule has 2 aromatic carbocycles. The van der Waals surface area contributed by atoms with Crippen LogP contribution in [0.15, 0.2) is 71.0 Å². The fourth-order valence-electron chi connectivity index (χ4n) is 4.04. The molecule has 4 rings (SSSR count). The predicted molar refractivity (Wildman–Crippen MR) is 131 cm³/mol. The molecule has 34 heavy (non-hydrogen) atoms. The molecular weight excluding hydrogens is 456 g/mol. The molecule has 0 aromatic heterocycles. The molecule has 0 saturated carbocycles. The number of benzene rings is 2. The van der Waals surface area contributed by atoms with E-state index in [1.165, 1.54) is 6.92 Å². The number of para-hydroxylation sites is 1. The fourth-order valence-corrected chi connectivity index (χ4v) is 4.34. The lowest BCUT2D eigenvalue weighted by Gasteiger charge is -2.28. The second-order valence-corrected chi connectivity index (χ2v) is 8.72.